The Morgan fingerprint density at radius 2 is 1.85 bits per heavy atom. The van der Waals surface area contributed by atoms with Crippen LogP contribution in [0, 0.1) is 12.8 Å². The molecule has 1 saturated heterocycles. The van der Waals surface area contributed by atoms with Crippen LogP contribution in [0.1, 0.15) is 39.2 Å². The zero-order chi connectivity index (χ0) is 19.8. The normalized spacial score (nSPS) is 17.0. The lowest BCUT2D eigenvalue weighted by Crippen LogP contribution is -2.51. The highest BCUT2D eigenvalue weighted by atomic mass is 16.5. The van der Waals surface area contributed by atoms with E-state index < -0.39 is 0 Å². The molecule has 2 N–H and O–H groups in total. The number of nitrogens with zero attached hydrogens (tertiary/aromatic N) is 2. The van der Waals surface area contributed by atoms with Gasteiger partial charge in [-0.05, 0) is 38.8 Å². The number of guanidine groups is 1. The van der Waals surface area contributed by atoms with Gasteiger partial charge in [0.2, 0.25) is 5.91 Å². The first kappa shape index (κ1) is 21.1. The van der Waals surface area contributed by atoms with Crippen LogP contribution in [0.5, 0.6) is 5.75 Å². The summed E-state index contributed by atoms with van der Waals surface area (Å²) in [5, 5.41) is 6.80. The minimum Gasteiger partial charge on any atom is -0.489 e. The van der Waals surface area contributed by atoms with Gasteiger partial charge in [0.05, 0.1) is 6.54 Å². The maximum absolute atomic E-state index is 12.1. The van der Waals surface area contributed by atoms with Crippen molar-refractivity contribution in [1.29, 1.82) is 0 Å². The van der Waals surface area contributed by atoms with Gasteiger partial charge in [-0.25, -0.2) is 0 Å². The molecule has 1 aliphatic heterocycles. The van der Waals surface area contributed by atoms with Crippen molar-refractivity contribution in [2.45, 2.75) is 52.7 Å². The number of amides is 1. The largest absolute Gasteiger partial charge is 0.489 e. The number of rotatable bonds is 6. The summed E-state index contributed by atoms with van der Waals surface area (Å²) in [6, 6.07) is 8.41. The van der Waals surface area contributed by atoms with Gasteiger partial charge in [0.25, 0.3) is 0 Å². The second-order valence-electron chi connectivity index (χ2n) is 7.59. The molecular formula is C21H34N4O2. The number of piperidine rings is 1. The van der Waals surface area contributed by atoms with Crippen LogP contribution in [-0.4, -0.2) is 55.6 Å². The van der Waals surface area contributed by atoms with Gasteiger partial charge in [-0.3, -0.25) is 9.79 Å². The van der Waals surface area contributed by atoms with E-state index in [-0.39, 0.29) is 17.9 Å². The van der Waals surface area contributed by atoms with Crippen LogP contribution in [-0.2, 0) is 4.79 Å². The van der Waals surface area contributed by atoms with E-state index in [9.17, 15) is 4.79 Å². The van der Waals surface area contributed by atoms with Crippen molar-refractivity contribution in [3.63, 3.8) is 0 Å². The summed E-state index contributed by atoms with van der Waals surface area (Å²) < 4.78 is 5.93. The Labute approximate surface area is 163 Å². The predicted octanol–water partition coefficient (Wildman–Crippen LogP) is 2.57. The molecule has 150 valence electrons. The molecule has 1 fully saturated rings. The van der Waals surface area contributed by atoms with E-state index in [1.165, 1.54) is 5.56 Å². The van der Waals surface area contributed by atoms with E-state index >= 15 is 0 Å². The lowest BCUT2D eigenvalue weighted by atomic mass is 10.0. The van der Waals surface area contributed by atoms with Gasteiger partial charge >= 0.3 is 0 Å². The van der Waals surface area contributed by atoms with E-state index in [4.69, 9.17) is 4.74 Å². The molecule has 27 heavy (non-hydrogen) atoms. The molecule has 0 bridgehead atoms. The predicted molar refractivity (Wildman–Crippen MR) is 110 cm³/mol. The number of nitrogens with one attached hydrogen (secondary N) is 2. The first-order chi connectivity index (χ1) is 12.9. The molecule has 1 aromatic rings. The first-order valence-corrected chi connectivity index (χ1v) is 9.88. The second kappa shape index (κ2) is 10.2. The number of aliphatic imine (C=N–C) groups is 1. The Morgan fingerprint density at radius 1 is 1.22 bits per heavy atom. The third-order valence-corrected chi connectivity index (χ3v) is 4.78. The second-order valence-corrected chi connectivity index (χ2v) is 7.59. The van der Waals surface area contributed by atoms with E-state index in [1.807, 2.05) is 49.9 Å². The molecule has 2 rings (SSSR count). The summed E-state index contributed by atoms with van der Waals surface area (Å²) in [5.41, 5.74) is 1.22. The molecule has 1 amide bonds. The van der Waals surface area contributed by atoms with Crippen molar-refractivity contribution >= 4 is 11.9 Å². The fourth-order valence-electron chi connectivity index (χ4n) is 3.13. The number of hydrogen-bond donors (Lipinski definition) is 2. The Hall–Kier alpha value is -2.24. The van der Waals surface area contributed by atoms with Gasteiger partial charge in [0.15, 0.2) is 5.96 Å². The number of aryl methyl sites for hydroxylation is 1. The molecular weight excluding hydrogens is 340 g/mol. The number of ether oxygens (including phenoxy) is 1. The van der Waals surface area contributed by atoms with Crippen LogP contribution in [0.2, 0.25) is 0 Å². The number of carbonyl (C=O) groups excluding carboxylic acids is 1. The molecule has 1 aromatic carbocycles. The Balaban J connectivity index is 1.73. The lowest BCUT2D eigenvalue weighted by Gasteiger charge is -2.34. The van der Waals surface area contributed by atoms with Crippen LogP contribution in [0.15, 0.2) is 29.3 Å². The molecule has 1 unspecified atom stereocenters. The minimum absolute atomic E-state index is 0.0248. The van der Waals surface area contributed by atoms with Crippen molar-refractivity contribution in [3.8, 4) is 5.75 Å². The standard InChI is InChI=1S/C21H34N4O2/c1-15(2)20(26)25-12-10-18(11-13-25)24-21(22-5)23-14-17(4)27-19-8-6-16(3)7-9-19/h6-9,15,17-18H,10-14H2,1-5H3,(H2,22,23,24). The molecule has 0 radical (unpaired) electrons. The summed E-state index contributed by atoms with van der Waals surface area (Å²) in [4.78, 5) is 18.4. The van der Waals surface area contributed by atoms with Crippen molar-refractivity contribution < 1.29 is 9.53 Å². The van der Waals surface area contributed by atoms with Crippen LogP contribution < -0.4 is 15.4 Å². The molecule has 6 heteroatoms. The van der Waals surface area contributed by atoms with Crippen LogP contribution in [0.25, 0.3) is 0 Å². The Kier molecular flexibility index (Phi) is 7.95. The average molecular weight is 375 g/mol. The van der Waals surface area contributed by atoms with Crippen LogP contribution in [0.4, 0.5) is 0 Å². The number of carbonyl (C=O) groups is 1. The monoisotopic (exact) mass is 374 g/mol. The smallest absolute Gasteiger partial charge is 0.225 e. The highest BCUT2D eigenvalue weighted by Crippen LogP contribution is 2.14. The number of hydrogen-bond acceptors (Lipinski definition) is 3. The summed E-state index contributed by atoms with van der Waals surface area (Å²) in [5.74, 6) is 1.97. The van der Waals surface area contributed by atoms with Gasteiger partial charge in [-0.15, -0.1) is 0 Å². The molecule has 0 aromatic heterocycles. The maximum Gasteiger partial charge on any atom is 0.225 e. The van der Waals surface area contributed by atoms with Gasteiger partial charge < -0.3 is 20.3 Å². The summed E-state index contributed by atoms with van der Waals surface area (Å²) >= 11 is 0. The average Bonchev–Trinajstić information content (AvgIpc) is 2.66. The molecule has 0 spiro atoms. The van der Waals surface area contributed by atoms with Gasteiger partial charge in [0, 0.05) is 32.1 Å². The lowest BCUT2D eigenvalue weighted by molar-refractivity contribution is -0.135. The fraction of sp³-hybridized carbons (Fsp3) is 0.619. The van der Waals surface area contributed by atoms with Crippen molar-refractivity contribution in [2.24, 2.45) is 10.9 Å². The molecule has 6 nitrogen and oxygen atoms in total. The van der Waals surface area contributed by atoms with Gasteiger partial charge in [-0.1, -0.05) is 31.5 Å². The third-order valence-electron chi connectivity index (χ3n) is 4.78. The summed E-state index contributed by atoms with van der Waals surface area (Å²) in [6.07, 6.45) is 1.90. The van der Waals surface area contributed by atoms with Crippen molar-refractivity contribution in [2.75, 3.05) is 26.7 Å². The fourth-order valence-corrected chi connectivity index (χ4v) is 3.13. The highest BCUT2D eigenvalue weighted by Gasteiger charge is 2.24. The molecule has 1 atom stereocenters. The topological polar surface area (TPSA) is 66.0 Å². The van der Waals surface area contributed by atoms with E-state index in [2.05, 4.69) is 22.5 Å². The first-order valence-electron chi connectivity index (χ1n) is 9.88. The van der Waals surface area contributed by atoms with Crippen LogP contribution >= 0.6 is 0 Å². The number of benzene rings is 1. The Bertz CT molecular complexity index is 620. The third kappa shape index (κ3) is 6.77. The maximum atomic E-state index is 12.1. The van der Waals surface area contributed by atoms with Crippen molar-refractivity contribution in [3.05, 3.63) is 29.8 Å². The molecule has 0 saturated carbocycles. The van der Waals surface area contributed by atoms with E-state index in [0.29, 0.717) is 12.6 Å². The quantitative estimate of drug-likeness (QED) is 0.593. The van der Waals surface area contributed by atoms with Gasteiger partial charge in [0.1, 0.15) is 11.9 Å². The minimum atomic E-state index is 0.0248. The number of likely N-dealkylation sites (tertiary alicyclic amines) is 1. The highest BCUT2D eigenvalue weighted by molar-refractivity contribution is 5.80. The SMILES string of the molecule is CN=C(NCC(C)Oc1ccc(C)cc1)NC1CCN(C(=O)C(C)C)CC1. The molecule has 0 aliphatic carbocycles. The Morgan fingerprint density at radius 3 is 2.41 bits per heavy atom. The van der Waals surface area contributed by atoms with Crippen LogP contribution in [0.3, 0.4) is 0 Å². The molecule has 1 heterocycles. The van der Waals surface area contributed by atoms with E-state index in [1.54, 1.807) is 7.05 Å². The van der Waals surface area contributed by atoms with E-state index in [0.717, 1.165) is 37.6 Å². The zero-order valence-electron chi connectivity index (χ0n) is 17.3. The van der Waals surface area contributed by atoms with Crippen molar-refractivity contribution in [1.82, 2.24) is 15.5 Å². The molecule has 1 aliphatic rings. The van der Waals surface area contributed by atoms with Gasteiger partial charge in [-0.2, -0.15) is 0 Å². The zero-order valence-corrected chi connectivity index (χ0v) is 17.3. The summed E-state index contributed by atoms with van der Waals surface area (Å²) in [6.45, 7) is 10.3. The summed E-state index contributed by atoms with van der Waals surface area (Å²) in [7, 11) is 1.78.